The average Bonchev–Trinajstić information content (AvgIpc) is 3.48. The molecule has 0 radical (unpaired) electrons. The van der Waals surface area contributed by atoms with Crippen LogP contribution in [0.25, 0.3) is 16.7 Å². The summed E-state index contributed by atoms with van der Waals surface area (Å²) in [6, 6.07) is 4.46. The van der Waals surface area contributed by atoms with Gasteiger partial charge in [-0.05, 0) is 100 Å². The Morgan fingerprint density at radius 1 is 1.06 bits per heavy atom. The lowest BCUT2D eigenvalue weighted by Gasteiger charge is -2.25. The summed E-state index contributed by atoms with van der Waals surface area (Å²) < 4.78 is 3.63. The lowest BCUT2D eigenvalue weighted by atomic mass is 9.95. The van der Waals surface area contributed by atoms with Crippen molar-refractivity contribution in [2.45, 2.75) is 72.6 Å². The van der Waals surface area contributed by atoms with Crippen molar-refractivity contribution >= 4 is 32.8 Å². The molecule has 1 aromatic carbocycles. The summed E-state index contributed by atoms with van der Waals surface area (Å²) in [6.07, 6.45) is 8.64. The Morgan fingerprint density at radius 2 is 1.77 bits per heavy atom. The molecule has 4 nitrogen and oxygen atoms in total. The van der Waals surface area contributed by atoms with E-state index in [4.69, 9.17) is 9.97 Å². The molecule has 0 bridgehead atoms. The lowest BCUT2D eigenvalue weighted by molar-refractivity contribution is 0.665. The van der Waals surface area contributed by atoms with Gasteiger partial charge in [0.25, 0.3) is 0 Å². The molecule has 5 heteroatoms. The maximum Gasteiger partial charge on any atom is 0.150 e. The van der Waals surface area contributed by atoms with Crippen LogP contribution in [0.2, 0.25) is 0 Å². The molecule has 5 rings (SSSR count). The number of aromatic nitrogens is 3. The largest absolute Gasteiger partial charge is 0.356 e. The first-order chi connectivity index (χ1) is 15.0. The van der Waals surface area contributed by atoms with E-state index in [9.17, 15) is 0 Å². The van der Waals surface area contributed by atoms with Crippen LogP contribution in [0.3, 0.4) is 0 Å². The quantitative estimate of drug-likeness (QED) is 0.397. The van der Waals surface area contributed by atoms with Gasteiger partial charge >= 0.3 is 0 Å². The van der Waals surface area contributed by atoms with E-state index in [1.54, 1.807) is 0 Å². The first-order valence-electron chi connectivity index (χ1n) is 11.9. The van der Waals surface area contributed by atoms with Crippen molar-refractivity contribution in [1.29, 1.82) is 0 Å². The van der Waals surface area contributed by atoms with E-state index >= 15 is 0 Å². The van der Waals surface area contributed by atoms with E-state index in [0.717, 1.165) is 54.2 Å². The number of hydrogen-bond acceptors (Lipinski definition) is 3. The zero-order chi connectivity index (χ0) is 21.7. The van der Waals surface area contributed by atoms with Crippen molar-refractivity contribution in [2.75, 3.05) is 18.0 Å². The molecular weight excluding hydrogens is 448 g/mol. The van der Waals surface area contributed by atoms with Gasteiger partial charge in [-0.3, -0.25) is 4.57 Å². The fourth-order valence-corrected chi connectivity index (χ4v) is 6.09. The van der Waals surface area contributed by atoms with E-state index in [1.807, 2.05) is 0 Å². The van der Waals surface area contributed by atoms with Gasteiger partial charge in [0, 0.05) is 23.3 Å². The Bertz CT molecular complexity index is 1120. The number of aryl methyl sites for hydroxylation is 4. The highest BCUT2D eigenvalue weighted by Crippen LogP contribution is 2.41. The third-order valence-corrected chi connectivity index (χ3v) is 7.31. The highest BCUT2D eigenvalue weighted by Gasteiger charge is 2.30. The molecule has 31 heavy (non-hydrogen) atoms. The minimum absolute atomic E-state index is 0.839. The summed E-state index contributed by atoms with van der Waals surface area (Å²) in [5, 5.41) is 1.32. The summed E-state index contributed by atoms with van der Waals surface area (Å²) in [5.41, 5.74) is 7.94. The average molecular weight is 481 g/mol. The minimum atomic E-state index is 0.839. The second-order valence-corrected chi connectivity index (χ2v) is 10.5. The van der Waals surface area contributed by atoms with Crippen molar-refractivity contribution in [1.82, 2.24) is 14.5 Å². The van der Waals surface area contributed by atoms with Crippen molar-refractivity contribution < 1.29 is 0 Å². The van der Waals surface area contributed by atoms with E-state index in [-0.39, 0.29) is 0 Å². The molecule has 2 aliphatic carbocycles. The van der Waals surface area contributed by atoms with E-state index in [0.29, 0.717) is 0 Å². The number of rotatable bonds is 6. The van der Waals surface area contributed by atoms with Crippen LogP contribution in [0.4, 0.5) is 5.82 Å². The molecular formula is C26H33BrN4. The van der Waals surface area contributed by atoms with Crippen molar-refractivity contribution in [3.8, 4) is 5.69 Å². The molecule has 164 valence electrons. The number of benzene rings is 1. The predicted molar refractivity (Wildman–Crippen MR) is 133 cm³/mol. The van der Waals surface area contributed by atoms with Crippen LogP contribution in [0.15, 0.2) is 16.6 Å². The third-order valence-electron chi connectivity index (χ3n) is 6.85. The van der Waals surface area contributed by atoms with Crippen LogP contribution in [-0.4, -0.2) is 27.6 Å². The molecule has 1 saturated carbocycles. The Labute approximate surface area is 194 Å². The Morgan fingerprint density at radius 3 is 2.45 bits per heavy atom. The number of fused-ring (bicyclic) bond motifs is 3. The second-order valence-electron chi connectivity index (χ2n) is 9.54. The Kier molecular flexibility index (Phi) is 5.58. The van der Waals surface area contributed by atoms with E-state index in [1.165, 1.54) is 65.0 Å². The first-order valence-corrected chi connectivity index (χ1v) is 12.7. The highest BCUT2D eigenvalue weighted by atomic mass is 79.9. The molecule has 2 heterocycles. The number of hydrogen-bond donors (Lipinski definition) is 0. The molecule has 0 aliphatic heterocycles. The maximum absolute atomic E-state index is 5.07. The van der Waals surface area contributed by atoms with Crippen LogP contribution in [0.1, 0.15) is 67.2 Å². The molecule has 2 aromatic heterocycles. The SMILES string of the molecule is CCCN(CC1CC1)c1nc(C)nc2c1c1c(n2-c2c(C)cc(Br)cc2C)CCCC1. The second kappa shape index (κ2) is 8.23. The number of nitrogens with zero attached hydrogens (tertiary/aromatic N) is 4. The fraction of sp³-hybridized carbons (Fsp3) is 0.538. The van der Waals surface area contributed by atoms with Gasteiger partial charge < -0.3 is 4.90 Å². The Balaban J connectivity index is 1.81. The van der Waals surface area contributed by atoms with Gasteiger partial charge in [0.15, 0.2) is 5.65 Å². The standard InChI is InChI=1S/C26H33BrN4/c1-5-12-30(15-19-10-11-19)25-23-21-8-6-7-9-22(21)31(26(23)29-18(4)28-25)24-16(2)13-20(27)14-17(24)3/h13-14,19H,5-12,15H2,1-4H3. The number of anilines is 1. The van der Waals surface area contributed by atoms with Gasteiger partial charge in [0.1, 0.15) is 11.6 Å². The van der Waals surface area contributed by atoms with Crippen LogP contribution >= 0.6 is 15.9 Å². The Hall–Kier alpha value is -1.88. The summed E-state index contributed by atoms with van der Waals surface area (Å²) >= 11 is 3.68. The van der Waals surface area contributed by atoms with Gasteiger partial charge in [-0.2, -0.15) is 0 Å². The first kappa shape index (κ1) is 21.0. The van der Waals surface area contributed by atoms with Crippen molar-refractivity contribution in [3.05, 3.63) is 44.8 Å². The van der Waals surface area contributed by atoms with Crippen molar-refractivity contribution in [2.24, 2.45) is 5.92 Å². The predicted octanol–water partition coefficient (Wildman–Crippen LogP) is 6.61. The number of halogens is 1. The summed E-state index contributed by atoms with van der Waals surface area (Å²) in [5.74, 6) is 2.90. The van der Waals surface area contributed by atoms with Crippen molar-refractivity contribution in [3.63, 3.8) is 0 Å². The fourth-order valence-electron chi connectivity index (χ4n) is 5.40. The molecule has 0 spiro atoms. The minimum Gasteiger partial charge on any atom is -0.356 e. The smallest absolute Gasteiger partial charge is 0.150 e. The van der Waals surface area contributed by atoms with Gasteiger partial charge in [0.05, 0.1) is 11.1 Å². The topological polar surface area (TPSA) is 34.0 Å². The van der Waals surface area contributed by atoms with Crippen LogP contribution in [-0.2, 0) is 12.8 Å². The molecule has 0 amide bonds. The van der Waals surface area contributed by atoms with Crippen LogP contribution in [0.5, 0.6) is 0 Å². The molecule has 3 aromatic rings. The zero-order valence-corrected chi connectivity index (χ0v) is 20.8. The van der Waals surface area contributed by atoms with Crippen LogP contribution < -0.4 is 4.90 Å². The zero-order valence-electron chi connectivity index (χ0n) is 19.3. The molecule has 1 fully saturated rings. The van der Waals surface area contributed by atoms with E-state index in [2.05, 4.69) is 65.2 Å². The molecule has 0 atom stereocenters. The molecule has 0 saturated heterocycles. The molecule has 0 N–H and O–H groups in total. The third kappa shape index (κ3) is 3.79. The highest BCUT2D eigenvalue weighted by molar-refractivity contribution is 9.10. The summed E-state index contributed by atoms with van der Waals surface area (Å²) in [7, 11) is 0. The van der Waals surface area contributed by atoms with Gasteiger partial charge in [0.2, 0.25) is 0 Å². The monoisotopic (exact) mass is 480 g/mol. The van der Waals surface area contributed by atoms with Gasteiger partial charge in [-0.15, -0.1) is 0 Å². The molecule has 0 unspecified atom stereocenters. The van der Waals surface area contributed by atoms with E-state index < -0.39 is 0 Å². The maximum atomic E-state index is 5.07. The van der Waals surface area contributed by atoms with Gasteiger partial charge in [-0.25, -0.2) is 9.97 Å². The lowest BCUT2D eigenvalue weighted by Crippen LogP contribution is -2.28. The van der Waals surface area contributed by atoms with Gasteiger partial charge in [-0.1, -0.05) is 22.9 Å². The van der Waals surface area contributed by atoms with Crippen LogP contribution in [0, 0.1) is 26.7 Å². The summed E-state index contributed by atoms with van der Waals surface area (Å²) in [6.45, 7) is 11.0. The normalized spacial score (nSPS) is 16.0. The summed E-state index contributed by atoms with van der Waals surface area (Å²) in [4.78, 5) is 12.7. The molecule has 2 aliphatic rings.